The Hall–Kier alpha value is -2.45. The van der Waals surface area contributed by atoms with Crippen LogP contribution in [-0.4, -0.2) is 27.3 Å². The van der Waals surface area contributed by atoms with Crippen LogP contribution < -0.4 is 21.9 Å². The van der Waals surface area contributed by atoms with E-state index in [9.17, 15) is 4.79 Å². The highest BCUT2D eigenvalue weighted by Crippen LogP contribution is 2.34. The van der Waals surface area contributed by atoms with E-state index in [1.54, 1.807) is 6.20 Å². The summed E-state index contributed by atoms with van der Waals surface area (Å²) in [7, 11) is 0. The number of fused-ring (bicyclic) bond motifs is 1. The minimum Gasteiger partial charge on any atom is -0.365 e. The van der Waals surface area contributed by atoms with Gasteiger partial charge in [-0.1, -0.05) is 25.0 Å². The molecule has 0 spiro atoms. The van der Waals surface area contributed by atoms with Crippen molar-refractivity contribution in [1.82, 2.24) is 15.2 Å². The van der Waals surface area contributed by atoms with Crippen molar-refractivity contribution in [2.75, 3.05) is 10.6 Å². The van der Waals surface area contributed by atoms with E-state index in [4.69, 9.17) is 10.7 Å². The summed E-state index contributed by atoms with van der Waals surface area (Å²) in [6.07, 6.45) is 5.94. The number of aromatic nitrogens is 3. The van der Waals surface area contributed by atoms with Crippen LogP contribution in [0.15, 0.2) is 39.7 Å². The molecule has 8 heteroatoms. The van der Waals surface area contributed by atoms with Gasteiger partial charge in [0.1, 0.15) is 11.6 Å². The van der Waals surface area contributed by atoms with Gasteiger partial charge in [-0.25, -0.2) is 10.1 Å². The van der Waals surface area contributed by atoms with Crippen molar-refractivity contribution in [1.29, 1.82) is 0 Å². The Bertz CT molecular complexity index is 1070. The van der Waals surface area contributed by atoms with Crippen LogP contribution >= 0.6 is 15.9 Å². The number of hydrogen-bond acceptors (Lipinski definition) is 6. The van der Waals surface area contributed by atoms with Crippen LogP contribution in [0, 0.1) is 6.92 Å². The average Bonchev–Trinajstić information content (AvgIpc) is 2.67. The lowest BCUT2D eigenvalue weighted by Gasteiger charge is -2.30. The molecule has 4 rings (SSSR count). The molecule has 0 bridgehead atoms. The second-order valence-corrected chi connectivity index (χ2v) is 8.10. The molecule has 5 N–H and O–H groups in total. The number of aromatic amines is 1. The molecule has 1 aliphatic carbocycles. The number of anilines is 3. The number of aryl methyl sites for hydroxylation is 1. The van der Waals surface area contributed by atoms with Gasteiger partial charge in [-0.05, 0) is 53.4 Å². The molecule has 0 amide bonds. The van der Waals surface area contributed by atoms with Crippen molar-refractivity contribution in [3.63, 3.8) is 0 Å². The largest absolute Gasteiger partial charge is 0.365 e. The van der Waals surface area contributed by atoms with Gasteiger partial charge < -0.3 is 16.4 Å². The fourth-order valence-electron chi connectivity index (χ4n) is 3.70. The van der Waals surface area contributed by atoms with Gasteiger partial charge in [0, 0.05) is 23.2 Å². The van der Waals surface area contributed by atoms with Gasteiger partial charge >= 0.3 is 0 Å². The maximum atomic E-state index is 12.5. The van der Waals surface area contributed by atoms with Gasteiger partial charge in [-0.3, -0.25) is 4.79 Å². The Morgan fingerprint density at radius 2 is 2.07 bits per heavy atom. The van der Waals surface area contributed by atoms with Crippen molar-refractivity contribution in [3.8, 4) is 0 Å². The number of H-pyrrole nitrogens is 1. The zero-order valence-corrected chi connectivity index (χ0v) is 17.2. The van der Waals surface area contributed by atoms with Crippen LogP contribution in [0.1, 0.15) is 31.2 Å². The van der Waals surface area contributed by atoms with Crippen molar-refractivity contribution in [2.24, 2.45) is 5.73 Å². The first-order valence-corrected chi connectivity index (χ1v) is 10.2. The summed E-state index contributed by atoms with van der Waals surface area (Å²) < 4.78 is 0.716. The molecule has 1 aromatic carbocycles. The van der Waals surface area contributed by atoms with E-state index in [1.807, 2.05) is 31.2 Å². The second kappa shape index (κ2) is 7.89. The molecular formula is C20H23BrN6O. The molecule has 146 valence electrons. The molecule has 7 nitrogen and oxygen atoms in total. The first-order valence-electron chi connectivity index (χ1n) is 9.45. The lowest BCUT2D eigenvalue weighted by molar-refractivity contribution is 0.403. The lowest BCUT2D eigenvalue weighted by Crippen LogP contribution is -2.42. The molecule has 0 radical (unpaired) electrons. The number of pyridine rings is 1. The minimum absolute atomic E-state index is 0.0867. The first kappa shape index (κ1) is 18.9. The fourth-order valence-corrected chi connectivity index (χ4v) is 4.21. The van der Waals surface area contributed by atoms with Crippen LogP contribution in [-0.2, 0) is 0 Å². The molecule has 1 saturated carbocycles. The molecular weight excluding hydrogens is 420 g/mol. The van der Waals surface area contributed by atoms with E-state index in [2.05, 4.69) is 36.8 Å². The summed E-state index contributed by atoms with van der Waals surface area (Å²) in [5, 5.41) is 14.4. The zero-order chi connectivity index (χ0) is 19.7. The normalized spacial score (nSPS) is 19.5. The second-order valence-electron chi connectivity index (χ2n) is 7.30. The van der Waals surface area contributed by atoms with Gasteiger partial charge in [-0.2, -0.15) is 5.10 Å². The number of nitrogens with two attached hydrogens (primary N) is 1. The Labute approximate surface area is 171 Å². The molecule has 0 aliphatic heterocycles. The van der Waals surface area contributed by atoms with E-state index < -0.39 is 0 Å². The molecule has 2 aromatic heterocycles. The number of hydrogen-bond donors (Lipinski definition) is 4. The predicted octanol–water partition coefficient (Wildman–Crippen LogP) is 3.81. The SMILES string of the molecule is Cc1cccc(Nc2nc(N[C@@H]3CCCC[C@@H]3N)c(Br)c3cn[nH]c(=O)c23)c1. The molecule has 3 aromatic rings. The van der Waals surface area contributed by atoms with E-state index in [1.165, 1.54) is 0 Å². The first-order chi connectivity index (χ1) is 13.5. The topological polar surface area (TPSA) is 109 Å². The summed E-state index contributed by atoms with van der Waals surface area (Å²) in [5.41, 5.74) is 8.00. The van der Waals surface area contributed by atoms with Crippen molar-refractivity contribution in [3.05, 3.63) is 50.9 Å². The molecule has 2 atom stereocenters. The van der Waals surface area contributed by atoms with Crippen molar-refractivity contribution < 1.29 is 0 Å². The standard InChI is InChI=1S/C20H23BrN6O/c1-11-5-4-6-12(9-11)24-18-16-13(10-23-27-20(16)28)17(21)19(26-18)25-15-8-3-2-7-14(15)22/h4-6,9-10,14-15H,2-3,7-8,22H2,1H3,(H,27,28)(H2,24,25,26)/t14-,15+/m0/s1. The summed E-state index contributed by atoms with van der Waals surface area (Å²) >= 11 is 3.61. The van der Waals surface area contributed by atoms with Crippen LogP contribution in [0.3, 0.4) is 0 Å². The summed E-state index contributed by atoms with van der Waals surface area (Å²) in [4.78, 5) is 17.2. The maximum Gasteiger partial charge on any atom is 0.275 e. The smallest absolute Gasteiger partial charge is 0.275 e. The summed E-state index contributed by atoms with van der Waals surface area (Å²) in [5.74, 6) is 1.15. The number of nitrogens with one attached hydrogen (secondary N) is 3. The lowest BCUT2D eigenvalue weighted by atomic mass is 9.91. The molecule has 28 heavy (non-hydrogen) atoms. The molecule has 1 fully saturated rings. The third-order valence-electron chi connectivity index (χ3n) is 5.18. The quantitative estimate of drug-likeness (QED) is 0.488. The predicted molar refractivity (Wildman–Crippen MR) is 116 cm³/mol. The van der Waals surface area contributed by atoms with Gasteiger partial charge in [0.05, 0.1) is 16.1 Å². The average molecular weight is 443 g/mol. The van der Waals surface area contributed by atoms with E-state index in [0.717, 1.165) is 36.9 Å². The number of benzene rings is 1. The van der Waals surface area contributed by atoms with Crippen LogP contribution in [0.25, 0.3) is 10.8 Å². The van der Waals surface area contributed by atoms with Crippen molar-refractivity contribution in [2.45, 2.75) is 44.7 Å². The Kier molecular flexibility index (Phi) is 5.32. The molecule has 0 unspecified atom stereocenters. The van der Waals surface area contributed by atoms with Crippen LogP contribution in [0.4, 0.5) is 17.3 Å². The zero-order valence-electron chi connectivity index (χ0n) is 15.6. The van der Waals surface area contributed by atoms with E-state index in [-0.39, 0.29) is 17.6 Å². The number of rotatable bonds is 4. The third-order valence-corrected chi connectivity index (χ3v) is 5.99. The summed E-state index contributed by atoms with van der Waals surface area (Å²) in [6.45, 7) is 2.02. The molecule has 2 heterocycles. The van der Waals surface area contributed by atoms with Crippen molar-refractivity contribution >= 4 is 44.0 Å². The highest BCUT2D eigenvalue weighted by atomic mass is 79.9. The Balaban J connectivity index is 1.80. The monoisotopic (exact) mass is 442 g/mol. The van der Waals surface area contributed by atoms with Crippen LogP contribution in [0.5, 0.6) is 0 Å². The van der Waals surface area contributed by atoms with Gasteiger partial charge in [0.25, 0.3) is 5.56 Å². The highest BCUT2D eigenvalue weighted by Gasteiger charge is 2.24. The minimum atomic E-state index is -0.290. The van der Waals surface area contributed by atoms with Crippen LogP contribution in [0.2, 0.25) is 0 Å². The van der Waals surface area contributed by atoms with Gasteiger partial charge in [0.15, 0.2) is 0 Å². The number of nitrogens with zero attached hydrogens (tertiary/aromatic N) is 2. The maximum absolute atomic E-state index is 12.5. The highest BCUT2D eigenvalue weighted by molar-refractivity contribution is 9.10. The van der Waals surface area contributed by atoms with Gasteiger partial charge in [-0.15, -0.1) is 0 Å². The fraction of sp³-hybridized carbons (Fsp3) is 0.350. The number of halogens is 1. The van der Waals surface area contributed by atoms with E-state index in [0.29, 0.717) is 26.9 Å². The third kappa shape index (κ3) is 3.74. The Morgan fingerprint density at radius 1 is 1.25 bits per heavy atom. The molecule has 1 aliphatic rings. The molecule has 0 saturated heterocycles. The Morgan fingerprint density at radius 3 is 2.86 bits per heavy atom. The van der Waals surface area contributed by atoms with Gasteiger partial charge in [0.2, 0.25) is 0 Å². The van der Waals surface area contributed by atoms with E-state index >= 15 is 0 Å². The summed E-state index contributed by atoms with van der Waals surface area (Å²) in [6, 6.07) is 8.18.